The largest absolute Gasteiger partial charge is 0.416 e. The van der Waals surface area contributed by atoms with Crippen molar-refractivity contribution in [3.8, 4) is 11.1 Å². The first kappa shape index (κ1) is 16.1. The highest BCUT2D eigenvalue weighted by molar-refractivity contribution is 5.79. The van der Waals surface area contributed by atoms with Crippen molar-refractivity contribution in [3.05, 3.63) is 59.2 Å². The van der Waals surface area contributed by atoms with Crippen LogP contribution in [0.15, 0.2) is 42.5 Å². The topological polar surface area (TPSA) is 17.1 Å². The lowest BCUT2D eigenvalue weighted by Crippen LogP contribution is -2.11. The zero-order valence-corrected chi connectivity index (χ0v) is 10.8. The van der Waals surface area contributed by atoms with Gasteiger partial charge in [0.15, 0.2) is 0 Å². The predicted octanol–water partition coefficient (Wildman–Crippen LogP) is 5.20. The number of halogens is 6. The summed E-state index contributed by atoms with van der Waals surface area (Å²) in [6.45, 7) is 0. The minimum atomic E-state index is -4.90. The van der Waals surface area contributed by atoms with E-state index in [0.717, 1.165) is 0 Å². The Morgan fingerprint density at radius 2 is 1.27 bits per heavy atom. The number of aldehydes is 1. The van der Waals surface area contributed by atoms with Gasteiger partial charge in [-0.3, -0.25) is 4.79 Å². The summed E-state index contributed by atoms with van der Waals surface area (Å²) in [5.74, 6) is 0. The fourth-order valence-corrected chi connectivity index (χ4v) is 1.91. The maximum atomic E-state index is 12.8. The van der Waals surface area contributed by atoms with E-state index < -0.39 is 23.5 Å². The second-order valence-corrected chi connectivity index (χ2v) is 4.54. The van der Waals surface area contributed by atoms with Crippen LogP contribution in [0.4, 0.5) is 26.3 Å². The van der Waals surface area contributed by atoms with Crippen LogP contribution in [0, 0.1) is 0 Å². The zero-order chi connectivity index (χ0) is 16.5. The fraction of sp³-hybridized carbons (Fsp3) is 0.133. The van der Waals surface area contributed by atoms with Gasteiger partial charge < -0.3 is 0 Å². The van der Waals surface area contributed by atoms with E-state index in [1.165, 1.54) is 24.3 Å². The van der Waals surface area contributed by atoms with Crippen LogP contribution < -0.4 is 0 Å². The maximum absolute atomic E-state index is 12.8. The Labute approximate surface area is 121 Å². The fourth-order valence-electron chi connectivity index (χ4n) is 1.91. The molecule has 0 aromatic heterocycles. The Balaban J connectivity index is 2.67. The summed E-state index contributed by atoms with van der Waals surface area (Å²) >= 11 is 0. The lowest BCUT2D eigenvalue weighted by molar-refractivity contribution is -0.143. The molecule has 0 fully saturated rings. The normalized spacial score (nSPS) is 12.3. The van der Waals surface area contributed by atoms with E-state index in [4.69, 9.17) is 0 Å². The van der Waals surface area contributed by atoms with E-state index in [-0.39, 0.29) is 22.8 Å². The molecule has 116 valence electrons. The van der Waals surface area contributed by atoms with Crippen molar-refractivity contribution in [2.45, 2.75) is 12.4 Å². The lowest BCUT2D eigenvalue weighted by Gasteiger charge is -2.14. The summed E-state index contributed by atoms with van der Waals surface area (Å²) in [5.41, 5.74) is -2.79. The van der Waals surface area contributed by atoms with Crippen molar-refractivity contribution in [2.24, 2.45) is 0 Å². The smallest absolute Gasteiger partial charge is 0.298 e. The second kappa shape index (κ2) is 5.47. The molecule has 0 saturated carbocycles. The van der Waals surface area contributed by atoms with E-state index in [0.29, 0.717) is 18.4 Å². The van der Waals surface area contributed by atoms with E-state index in [2.05, 4.69) is 0 Å². The third kappa shape index (κ3) is 3.47. The van der Waals surface area contributed by atoms with E-state index >= 15 is 0 Å². The van der Waals surface area contributed by atoms with Gasteiger partial charge >= 0.3 is 12.4 Å². The van der Waals surface area contributed by atoms with Crippen LogP contribution in [0.2, 0.25) is 0 Å². The molecule has 1 nitrogen and oxygen atoms in total. The first-order valence-electron chi connectivity index (χ1n) is 5.96. The Hall–Kier alpha value is -2.31. The molecule has 0 atom stereocenters. The molecule has 0 aliphatic heterocycles. The van der Waals surface area contributed by atoms with Gasteiger partial charge in [0.25, 0.3) is 0 Å². The second-order valence-electron chi connectivity index (χ2n) is 4.54. The first-order valence-corrected chi connectivity index (χ1v) is 5.96. The molecule has 0 spiro atoms. The Morgan fingerprint density at radius 1 is 0.727 bits per heavy atom. The molecule has 0 unspecified atom stereocenters. The van der Waals surface area contributed by atoms with Gasteiger partial charge in [-0.15, -0.1) is 0 Å². The molecule has 0 amide bonds. The van der Waals surface area contributed by atoms with Crippen LogP contribution in [0.3, 0.4) is 0 Å². The molecule has 2 rings (SSSR count). The van der Waals surface area contributed by atoms with E-state index in [9.17, 15) is 31.1 Å². The predicted molar refractivity (Wildman–Crippen MR) is 67.3 cm³/mol. The average Bonchev–Trinajstić information content (AvgIpc) is 2.45. The number of hydrogen-bond acceptors (Lipinski definition) is 1. The van der Waals surface area contributed by atoms with Crippen molar-refractivity contribution in [1.82, 2.24) is 0 Å². The van der Waals surface area contributed by atoms with Gasteiger partial charge in [-0.25, -0.2) is 0 Å². The first-order chi connectivity index (χ1) is 10.1. The summed E-state index contributed by atoms with van der Waals surface area (Å²) in [7, 11) is 0. The number of carbonyl (C=O) groups is 1. The van der Waals surface area contributed by atoms with Gasteiger partial charge in [0.2, 0.25) is 0 Å². The van der Waals surface area contributed by atoms with Crippen LogP contribution in [0.25, 0.3) is 11.1 Å². The van der Waals surface area contributed by atoms with E-state index in [1.54, 1.807) is 0 Å². The summed E-state index contributed by atoms with van der Waals surface area (Å²) < 4.78 is 76.6. The van der Waals surface area contributed by atoms with Gasteiger partial charge in [0.05, 0.1) is 11.1 Å². The molecule has 0 N–H and O–H groups in total. The molecule has 0 aliphatic carbocycles. The van der Waals surface area contributed by atoms with Crippen molar-refractivity contribution in [2.75, 3.05) is 0 Å². The minimum absolute atomic E-state index is 0.0626. The standard InChI is InChI=1S/C15H8F6O/c16-14(17,18)12-5-11(6-13(7-12)15(19,20)21)10-3-1-2-9(4-10)8-22/h1-8H. The maximum Gasteiger partial charge on any atom is 0.416 e. The van der Waals surface area contributed by atoms with Crippen LogP contribution in [-0.2, 0) is 12.4 Å². The van der Waals surface area contributed by atoms with Crippen LogP contribution >= 0.6 is 0 Å². The van der Waals surface area contributed by atoms with Gasteiger partial charge in [-0.1, -0.05) is 18.2 Å². The van der Waals surface area contributed by atoms with Gasteiger partial charge in [-0.2, -0.15) is 26.3 Å². The Kier molecular flexibility index (Phi) is 4.00. The third-order valence-corrected chi connectivity index (χ3v) is 2.94. The summed E-state index contributed by atoms with van der Waals surface area (Å²) in [6.07, 6.45) is -9.35. The molecule has 0 heterocycles. The molecule has 0 bridgehead atoms. The molecule has 0 saturated heterocycles. The molecular weight excluding hydrogens is 310 g/mol. The third-order valence-electron chi connectivity index (χ3n) is 2.94. The lowest BCUT2D eigenvalue weighted by atomic mass is 9.98. The zero-order valence-electron chi connectivity index (χ0n) is 10.8. The van der Waals surface area contributed by atoms with Crippen molar-refractivity contribution < 1.29 is 31.1 Å². The van der Waals surface area contributed by atoms with E-state index in [1.807, 2.05) is 0 Å². The molecule has 0 radical (unpaired) electrons. The van der Waals surface area contributed by atoms with Gasteiger partial charge in [-0.05, 0) is 35.4 Å². The molecule has 2 aromatic carbocycles. The highest BCUT2D eigenvalue weighted by Crippen LogP contribution is 2.38. The summed E-state index contributed by atoms with van der Waals surface area (Å²) in [4.78, 5) is 10.7. The number of hydrogen-bond donors (Lipinski definition) is 0. The molecule has 7 heteroatoms. The van der Waals surface area contributed by atoms with Gasteiger partial charge in [0, 0.05) is 5.56 Å². The summed E-state index contributed by atoms with van der Waals surface area (Å²) in [5, 5.41) is 0. The van der Waals surface area contributed by atoms with Crippen LogP contribution in [-0.4, -0.2) is 6.29 Å². The molecule has 22 heavy (non-hydrogen) atoms. The van der Waals surface area contributed by atoms with Crippen LogP contribution in [0.1, 0.15) is 21.5 Å². The van der Waals surface area contributed by atoms with Crippen molar-refractivity contribution in [3.63, 3.8) is 0 Å². The molecule has 0 aliphatic rings. The molecule has 2 aromatic rings. The highest BCUT2D eigenvalue weighted by Gasteiger charge is 2.36. The minimum Gasteiger partial charge on any atom is -0.298 e. The molecular formula is C15H8F6O. The number of rotatable bonds is 2. The quantitative estimate of drug-likeness (QED) is 0.549. The summed E-state index contributed by atoms with van der Waals surface area (Å²) in [6, 6.07) is 6.65. The van der Waals surface area contributed by atoms with Gasteiger partial charge in [0.1, 0.15) is 6.29 Å². The Bertz CT molecular complexity index is 668. The number of alkyl halides is 6. The van der Waals surface area contributed by atoms with Crippen molar-refractivity contribution in [1.29, 1.82) is 0 Å². The Morgan fingerprint density at radius 3 is 1.73 bits per heavy atom. The number of benzene rings is 2. The van der Waals surface area contributed by atoms with Crippen LogP contribution in [0.5, 0.6) is 0 Å². The monoisotopic (exact) mass is 318 g/mol. The number of carbonyl (C=O) groups excluding carboxylic acids is 1. The highest BCUT2D eigenvalue weighted by atomic mass is 19.4. The SMILES string of the molecule is O=Cc1cccc(-c2cc(C(F)(F)F)cc(C(F)(F)F)c2)c1. The average molecular weight is 318 g/mol. The van der Waals surface area contributed by atoms with Crippen molar-refractivity contribution >= 4 is 6.29 Å².